The summed E-state index contributed by atoms with van der Waals surface area (Å²) in [6.45, 7) is 5.35. The van der Waals surface area contributed by atoms with Gasteiger partial charge in [0.15, 0.2) is 11.5 Å². The van der Waals surface area contributed by atoms with Gasteiger partial charge in [0, 0.05) is 31.1 Å². The Balaban J connectivity index is 1.82. The average Bonchev–Trinajstić information content (AvgIpc) is 2.85. The molecule has 0 spiro atoms. The Labute approximate surface area is 148 Å². The SMILES string of the molecule is CC[C@@]1(C(=O)O)CCCN(Cc2cc3c(cc2OC)OCCCO3)C1. The first-order valence-corrected chi connectivity index (χ1v) is 9.00. The smallest absolute Gasteiger partial charge is 0.310 e. The number of likely N-dealkylation sites (tertiary alicyclic amines) is 1. The molecule has 2 aliphatic rings. The number of benzene rings is 1. The van der Waals surface area contributed by atoms with E-state index in [0.29, 0.717) is 38.5 Å². The van der Waals surface area contributed by atoms with Gasteiger partial charge < -0.3 is 19.3 Å². The number of carboxylic acid groups (broad SMARTS) is 1. The van der Waals surface area contributed by atoms with Crippen LogP contribution in [0.2, 0.25) is 0 Å². The van der Waals surface area contributed by atoms with Crippen LogP contribution in [0.15, 0.2) is 12.1 Å². The summed E-state index contributed by atoms with van der Waals surface area (Å²) in [5.74, 6) is 1.52. The largest absolute Gasteiger partial charge is 0.496 e. The fraction of sp³-hybridized carbons (Fsp3) is 0.632. The first-order valence-electron chi connectivity index (χ1n) is 9.00. The highest BCUT2D eigenvalue weighted by Crippen LogP contribution is 2.39. The topological polar surface area (TPSA) is 68.2 Å². The number of hydrogen-bond acceptors (Lipinski definition) is 5. The number of carbonyl (C=O) groups is 1. The fourth-order valence-corrected chi connectivity index (χ4v) is 3.76. The van der Waals surface area contributed by atoms with Crippen molar-refractivity contribution in [2.24, 2.45) is 5.41 Å². The van der Waals surface area contributed by atoms with Gasteiger partial charge in [-0.2, -0.15) is 0 Å². The molecule has 0 bridgehead atoms. The van der Waals surface area contributed by atoms with E-state index in [9.17, 15) is 9.90 Å². The molecule has 2 heterocycles. The summed E-state index contributed by atoms with van der Waals surface area (Å²) in [4.78, 5) is 14.0. The molecule has 0 aliphatic carbocycles. The van der Waals surface area contributed by atoms with Crippen molar-refractivity contribution in [3.8, 4) is 17.2 Å². The highest BCUT2D eigenvalue weighted by Gasteiger charge is 2.40. The third-order valence-electron chi connectivity index (χ3n) is 5.33. The van der Waals surface area contributed by atoms with Crippen molar-refractivity contribution in [1.82, 2.24) is 4.90 Å². The number of aliphatic carboxylic acids is 1. The minimum Gasteiger partial charge on any atom is -0.496 e. The maximum absolute atomic E-state index is 11.8. The van der Waals surface area contributed by atoms with Gasteiger partial charge in [-0.05, 0) is 31.9 Å². The molecule has 0 amide bonds. The van der Waals surface area contributed by atoms with Crippen LogP contribution in [-0.2, 0) is 11.3 Å². The molecule has 2 aliphatic heterocycles. The van der Waals surface area contributed by atoms with Crippen molar-refractivity contribution in [2.45, 2.75) is 39.2 Å². The molecule has 1 fully saturated rings. The first-order chi connectivity index (χ1) is 12.1. The predicted molar refractivity (Wildman–Crippen MR) is 93.5 cm³/mol. The van der Waals surface area contributed by atoms with Crippen LogP contribution < -0.4 is 14.2 Å². The van der Waals surface area contributed by atoms with Crippen molar-refractivity contribution in [1.29, 1.82) is 0 Å². The van der Waals surface area contributed by atoms with Gasteiger partial charge in [0.2, 0.25) is 0 Å². The van der Waals surface area contributed by atoms with Gasteiger partial charge in [-0.1, -0.05) is 6.92 Å². The minimum absolute atomic E-state index is 0.566. The Kier molecular flexibility index (Phi) is 5.37. The average molecular weight is 349 g/mol. The van der Waals surface area contributed by atoms with Crippen LogP contribution in [0.3, 0.4) is 0 Å². The summed E-state index contributed by atoms with van der Waals surface area (Å²) >= 11 is 0. The van der Waals surface area contributed by atoms with E-state index in [1.165, 1.54) is 0 Å². The molecule has 1 saturated heterocycles. The monoisotopic (exact) mass is 349 g/mol. The molecular weight excluding hydrogens is 322 g/mol. The van der Waals surface area contributed by atoms with E-state index in [4.69, 9.17) is 14.2 Å². The molecule has 1 N–H and O–H groups in total. The second kappa shape index (κ2) is 7.52. The van der Waals surface area contributed by atoms with E-state index in [1.54, 1.807) is 7.11 Å². The third-order valence-corrected chi connectivity index (χ3v) is 5.33. The lowest BCUT2D eigenvalue weighted by Crippen LogP contribution is -2.47. The van der Waals surface area contributed by atoms with Gasteiger partial charge >= 0.3 is 5.97 Å². The van der Waals surface area contributed by atoms with Crippen molar-refractivity contribution >= 4 is 5.97 Å². The van der Waals surface area contributed by atoms with Crippen LogP contribution in [0.4, 0.5) is 0 Å². The number of hydrogen-bond donors (Lipinski definition) is 1. The standard InChI is InChI=1S/C19H27NO5/c1-3-19(18(21)22)6-4-7-20(13-19)12-14-10-16-17(11-15(14)23-2)25-9-5-8-24-16/h10-11H,3-9,12-13H2,1-2H3,(H,21,22)/t19-/m1/s1. The molecule has 1 atom stereocenters. The number of carboxylic acids is 1. The number of nitrogens with zero attached hydrogens (tertiary/aromatic N) is 1. The van der Waals surface area contributed by atoms with E-state index >= 15 is 0 Å². The molecule has 3 rings (SSSR count). The van der Waals surface area contributed by atoms with Crippen LogP contribution in [0, 0.1) is 5.41 Å². The molecule has 0 saturated carbocycles. The summed E-state index contributed by atoms with van der Waals surface area (Å²) in [5.41, 5.74) is 0.362. The summed E-state index contributed by atoms with van der Waals surface area (Å²) in [5, 5.41) is 9.67. The van der Waals surface area contributed by atoms with Crippen molar-refractivity contribution < 1.29 is 24.1 Å². The van der Waals surface area contributed by atoms with Gasteiger partial charge in [-0.3, -0.25) is 9.69 Å². The summed E-state index contributed by atoms with van der Waals surface area (Å²) in [7, 11) is 1.65. The molecule has 6 heteroatoms. The number of methoxy groups -OCH3 is 1. The third kappa shape index (κ3) is 3.68. The van der Waals surface area contributed by atoms with Crippen molar-refractivity contribution in [3.05, 3.63) is 17.7 Å². The molecule has 0 radical (unpaired) electrons. The zero-order valence-electron chi connectivity index (χ0n) is 15.0. The Hall–Kier alpha value is -1.95. The van der Waals surface area contributed by atoms with Gasteiger partial charge in [-0.25, -0.2) is 0 Å². The summed E-state index contributed by atoms with van der Waals surface area (Å²) in [6, 6.07) is 3.85. The van der Waals surface area contributed by atoms with E-state index in [1.807, 2.05) is 19.1 Å². The second-order valence-corrected chi connectivity index (χ2v) is 6.91. The molecule has 1 aromatic carbocycles. The van der Waals surface area contributed by atoms with E-state index in [-0.39, 0.29) is 0 Å². The Bertz CT molecular complexity index is 632. The van der Waals surface area contributed by atoms with Crippen molar-refractivity contribution in [3.63, 3.8) is 0 Å². The Morgan fingerprint density at radius 1 is 1.28 bits per heavy atom. The summed E-state index contributed by atoms with van der Waals surface area (Å²) in [6.07, 6.45) is 3.15. The molecule has 0 aromatic heterocycles. The maximum Gasteiger partial charge on any atom is 0.310 e. The van der Waals surface area contributed by atoms with E-state index in [2.05, 4.69) is 4.90 Å². The Morgan fingerprint density at radius 2 is 2.00 bits per heavy atom. The lowest BCUT2D eigenvalue weighted by atomic mass is 9.77. The van der Waals surface area contributed by atoms with Crippen LogP contribution >= 0.6 is 0 Å². The maximum atomic E-state index is 11.8. The van der Waals surface area contributed by atoms with E-state index < -0.39 is 11.4 Å². The van der Waals surface area contributed by atoms with Gasteiger partial charge in [0.05, 0.1) is 25.7 Å². The predicted octanol–water partition coefficient (Wildman–Crippen LogP) is 2.93. The highest BCUT2D eigenvalue weighted by atomic mass is 16.5. The van der Waals surface area contributed by atoms with Crippen molar-refractivity contribution in [2.75, 3.05) is 33.4 Å². The first kappa shape index (κ1) is 17.9. The quantitative estimate of drug-likeness (QED) is 0.881. The molecule has 1 aromatic rings. The molecule has 25 heavy (non-hydrogen) atoms. The molecular formula is C19H27NO5. The zero-order chi connectivity index (χ0) is 17.9. The van der Waals surface area contributed by atoms with Gasteiger partial charge in [0.1, 0.15) is 5.75 Å². The number of ether oxygens (including phenoxy) is 3. The zero-order valence-corrected chi connectivity index (χ0v) is 15.0. The van der Waals surface area contributed by atoms with Crippen LogP contribution in [-0.4, -0.2) is 49.4 Å². The fourth-order valence-electron chi connectivity index (χ4n) is 3.76. The lowest BCUT2D eigenvalue weighted by molar-refractivity contribution is -0.153. The van der Waals surface area contributed by atoms with Crippen LogP contribution in [0.1, 0.15) is 38.2 Å². The Morgan fingerprint density at radius 3 is 2.64 bits per heavy atom. The van der Waals surface area contributed by atoms with Gasteiger partial charge in [0.25, 0.3) is 0 Å². The van der Waals surface area contributed by atoms with E-state index in [0.717, 1.165) is 42.9 Å². The second-order valence-electron chi connectivity index (χ2n) is 6.91. The normalized spacial score (nSPS) is 23.8. The number of piperidine rings is 1. The number of rotatable bonds is 5. The molecule has 6 nitrogen and oxygen atoms in total. The summed E-state index contributed by atoms with van der Waals surface area (Å²) < 4.78 is 17.0. The molecule has 0 unspecified atom stereocenters. The van der Waals surface area contributed by atoms with Gasteiger partial charge in [-0.15, -0.1) is 0 Å². The van der Waals surface area contributed by atoms with Crippen LogP contribution in [0.5, 0.6) is 17.2 Å². The number of fused-ring (bicyclic) bond motifs is 1. The highest BCUT2D eigenvalue weighted by molar-refractivity contribution is 5.75. The lowest BCUT2D eigenvalue weighted by Gasteiger charge is -2.39. The minimum atomic E-state index is -0.690. The molecule has 138 valence electrons. The van der Waals surface area contributed by atoms with Crippen LogP contribution in [0.25, 0.3) is 0 Å².